The van der Waals surface area contributed by atoms with E-state index in [4.69, 9.17) is 25.8 Å². The lowest BCUT2D eigenvalue weighted by Crippen LogP contribution is -2.23. The predicted molar refractivity (Wildman–Crippen MR) is 110 cm³/mol. The van der Waals surface area contributed by atoms with Crippen molar-refractivity contribution in [2.45, 2.75) is 18.6 Å². The van der Waals surface area contributed by atoms with Crippen molar-refractivity contribution in [2.75, 3.05) is 30.9 Å². The highest BCUT2D eigenvalue weighted by Crippen LogP contribution is 2.32. The van der Waals surface area contributed by atoms with Gasteiger partial charge in [0, 0.05) is 16.8 Å². The molecule has 7 heteroatoms. The zero-order valence-electron chi connectivity index (χ0n) is 15.1. The first kappa shape index (κ1) is 19.7. The molecule has 1 atom stereocenters. The van der Waals surface area contributed by atoms with Crippen molar-refractivity contribution in [2.24, 2.45) is 0 Å². The molecule has 0 bridgehead atoms. The molecular formula is C20H22ClNO4S. The van der Waals surface area contributed by atoms with E-state index in [1.165, 1.54) is 0 Å². The topological polar surface area (TPSA) is 56.8 Å². The number of fused-ring (bicyclic) bond motifs is 1. The van der Waals surface area contributed by atoms with Gasteiger partial charge in [-0.1, -0.05) is 11.6 Å². The summed E-state index contributed by atoms with van der Waals surface area (Å²) in [6.45, 7) is 3.58. The van der Waals surface area contributed by atoms with Crippen LogP contribution in [0, 0.1) is 0 Å². The number of hydrogen-bond acceptors (Lipinski definition) is 5. The van der Waals surface area contributed by atoms with E-state index in [9.17, 15) is 4.79 Å². The van der Waals surface area contributed by atoms with Crippen LogP contribution in [-0.4, -0.2) is 36.7 Å². The van der Waals surface area contributed by atoms with E-state index in [-0.39, 0.29) is 11.2 Å². The fourth-order valence-corrected chi connectivity index (χ4v) is 3.45. The number of thioether (sulfide) groups is 1. The van der Waals surface area contributed by atoms with Crippen molar-refractivity contribution >= 4 is 35.0 Å². The van der Waals surface area contributed by atoms with Gasteiger partial charge in [0.15, 0.2) is 11.5 Å². The fourth-order valence-electron chi connectivity index (χ4n) is 2.48. The molecule has 1 N–H and O–H groups in total. The van der Waals surface area contributed by atoms with Crippen molar-refractivity contribution in [3.8, 4) is 17.2 Å². The zero-order valence-corrected chi connectivity index (χ0v) is 16.6. The van der Waals surface area contributed by atoms with E-state index < -0.39 is 0 Å². The summed E-state index contributed by atoms with van der Waals surface area (Å²) in [5.74, 6) is 2.98. The number of ether oxygens (including phenoxy) is 3. The Bertz CT molecular complexity index is 769. The standard InChI is InChI=1S/C20H22ClNO4S/c1-14(27-12-2-9-24-17-6-3-15(21)4-7-17)20(23)22-16-5-8-18-19(13-16)26-11-10-25-18/h3-8,13-14H,2,9-12H2,1H3,(H,22,23). The molecule has 0 fully saturated rings. The van der Waals surface area contributed by atoms with Gasteiger partial charge in [-0.2, -0.15) is 0 Å². The Hall–Kier alpha value is -2.05. The Balaban J connectivity index is 1.37. The molecule has 27 heavy (non-hydrogen) atoms. The van der Waals surface area contributed by atoms with Crippen LogP contribution in [0.2, 0.25) is 5.02 Å². The van der Waals surface area contributed by atoms with E-state index in [0.717, 1.165) is 17.9 Å². The van der Waals surface area contributed by atoms with E-state index in [1.54, 1.807) is 30.0 Å². The normalized spacial score (nSPS) is 13.7. The largest absolute Gasteiger partial charge is 0.494 e. The van der Waals surface area contributed by atoms with Gasteiger partial charge in [0.2, 0.25) is 5.91 Å². The third kappa shape index (κ3) is 5.97. The molecular weight excluding hydrogens is 386 g/mol. The molecule has 1 heterocycles. The number of carbonyl (C=O) groups is 1. The SMILES string of the molecule is CC(SCCCOc1ccc(Cl)cc1)C(=O)Nc1ccc2c(c1)OCCO2. The highest BCUT2D eigenvalue weighted by atomic mass is 35.5. The summed E-state index contributed by atoms with van der Waals surface area (Å²) in [6, 6.07) is 12.7. The molecule has 0 saturated heterocycles. The quantitative estimate of drug-likeness (QED) is 0.646. The molecule has 0 aromatic heterocycles. The van der Waals surface area contributed by atoms with E-state index >= 15 is 0 Å². The smallest absolute Gasteiger partial charge is 0.237 e. The first-order chi connectivity index (χ1) is 13.1. The Morgan fingerprint density at radius 2 is 1.93 bits per heavy atom. The minimum absolute atomic E-state index is 0.0321. The second kappa shape index (κ2) is 9.76. The summed E-state index contributed by atoms with van der Waals surface area (Å²) in [5.41, 5.74) is 0.711. The maximum atomic E-state index is 12.3. The molecule has 144 valence electrons. The number of amides is 1. The molecule has 1 aliphatic rings. The Labute approximate surface area is 168 Å². The number of halogens is 1. The van der Waals surface area contributed by atoms with Crippen LogP contribution in [-0.2, 0) is 4.79 Å². The third-order valence-corrected chi connectivity index (χ3v) is 5.41. The molecule has 0 radical (unpaired) electrons. The van der Waals surface area contributed by atoms with Crippen molar-refractivity contribution in [3.63, 3.8) is 0 Å². The summed E-state index contributed by atoms with van der Waals surface area (Å²) in [5, 5.41) is 3.46. The molecule has 1 amide bonds. The summed E-state index contributed by atoms with van der Waals surface area (Å²) in [6.07, 6.45) is 0.856. The van der Waals surface area contributed by atoms with Crippen molar-refractivity contribution in [1.29, 1.82) is 0 Å². The van der Waals surface area contributed by atoms with Crippen molar-refractivity contribution in [3.05, 3.63) is 47.5 Å². The minimum atomic E-state index is -0.159. The second-order valence-electron chi connectivity index (χ2n) is 6.02. The summed E-state index contributed by atoms with van der Waals surface area (Å²) >= 11 is 7.44. The molecule has 1 aliphatic heterocycles. The molecule has 5 nitrogen and oxygen atoms in total. The van der Waals surface area contributed by atoms with Crippen LogP contribution < -0.4 is 19.5 Å². The number of anilines is 1. The number of rotatable bonds is 8. The van der Waals surface area contributed by atoms with Gasteiger partial charge in [-0.05, 0) is 55.5 Å². The van der Waals surface area contributed by atoms with Crippen LogP contribution in [0.15, 0.2) is 42.5 Å². The molecule has 0 spiro atoms. The van der Waals surface area contributed by atoms with Crippen LogP contribution in [0.3, 0.4) is 0 Å². The predicted octanol–water partition coefficient (Wildman–Crippen LogP) is 4.64. The van der Waals surface area contributed by atoms with E-state index in [1.807, 2.05) is 31.2 Å². The van der Waals surface area contributed by atoms with Crippen molar-refractivity contribution in [1.82, 2.24) is 0 Å². The van der Waals surface area contributed by atoms with Crippen LogP contribution in [0.1, 0.15) is 13.3 Å². The van der Waals surface area contributed by atoms with E-state index in [2.05, 4.69) is 5.32 Å². The average molecular weight is 408 g/mol. The molecule has 2 aromatic carbocycles. The van der Waals surface area contributed by atoms with Crippen LogP contribution in [0.25, 0.3) is 0 Å². The molecule has 3 rings (SSSR count). The summed E-state index contributed by atoms with van der Waals surface area (Å²) in [4.78, 5) is 12.3. The first-order valence-corrected chi connectivity index (χ1v) is 10.2. The van der Waals surface area contributed by atoms with Gasteiger partial charge in [0.05, 0.1) is 11.9 Å². The van der Waals surface area contributed by atoms with Crippen molar-refractivity contribution < 1.29 is 19.0 Å². The van der Waals surface area contributed by atoms with Crippen LogP contribution >= 0.6 is 23.4 Å². The van der Waals surface area contributed by atoms with Crippen LogP contribution in [0.4, 0.5) is 5.69 Å². The molecule has 1 unspecified atom stereocenters. The van der Waals surface area contributed by atoms with Gasteiger partial charge in [-0.25, -0.2) is 0 Å². The molecule has 0 saturated carbocycles. The maximum Gasteiger partial charge on any atom is 0.237 e. The Morgan fingerprint density at radius 1 is 1.19 bits per heavy atom. The van der Waals surface area contributed by atoms with Gasteiger partial charge >= 0.3 is 0 Å². The molecule has 2 aromatic rings. The van der Waals surface area contributed by atoms with Gasteiger partial charge in [0.25, 0.3) is 0 Å². The summed E-state index contributed by atoms with van der Waals surface area (Å²) < 4.78 is 16.7. The number of nitrogens with one attached hydrogen (secondary N) is 1. The Kier molecular flexibility index (Phi) is 7.12. The van der Waals surface area contributed by atoms with Gasteiger partial charge in [-0.3, -0.25) is 4.79 Å². The highest BCUT2D eigenvalue weighted by molar-refractivity contribution is 8.00. The lowest BCUT2D eigenvalue weighted by molar-refractivity contribution is -0.115. The van der Waals surface area contributed by atoms with Gasteiger partial charge in [0.1, 0.15) is 19.0 Å². The first-order valence-electron chi connectivity index (χ1n) is 8.82. The van der Waals surface area contributed by atoms with Gasteiger partial charge < -0.3 is 19.5 Å². The monoisotopic (exact) mass is 407 g/mol. The number of carbonyl (C=O) groups excluding carboxylic acids is 1. The van der Waals surface area contributed by atoms with E-state index in [0.29, 0.717) is 42.0 Å². The van der Waals surface area contributed by atoms with Gasteiger partial charge in [-0.15, -0.1) is 11.8 Å². The fraction of sp³-hybridized carbons (Fsp3) is 0.350. The lowest BCUT2D eigenvalue weighted by atomic mass is 10.2. The zero-order chi connectivity index (χ0) is 19.1. The Morgan fingerprint density at radius 3 is 2.70 bits per heavy atom. The highest BCUT2D eigenvalue weighted by Gasteiger charge is 2.16. The lowest BCUT2D eigenvalue weighted by Gasteiger charge is -2.19. The van der Waals surface area contributed by atoms with Crippen LogP contribution in [0.5, 0.6) is 17.2 Å². The second-order valence-corrected chi connectivity index (χ2v) is 7.90. The maximum absolute atomic E-state index is 12.3. The molecule has 0 aliphatic carbocycles. The number of benzene rings is 2. The minimum Gasteiger partial charge on any atom is -0.494 e. The summed E-state index contributed by atoms with van der Waals surface area (Å²) in [7, 11) is 0. The average Bonchev–Trinajstić information content (AvgIpc) is 2.69. The third-order valence-electron chi connectivity index (χ3n) is 3.92. The number of hydrogen-bond donors (Lipinski definition) is 1.